The van der Waals surface area contributed by atoms with Gasteiger partial charge in [0.2, 0.25) is 5.91 Å². The fraction of sp³-hybridized carbons (Fsp3) is 0.385. The minimum absolute atomic E-state index is 0.0997. The predicted molar refractivity (Wildman–Crippen MR) is 81.1 cm³/mol. The molecule has 1 aromatic carbocycles. The second-order valence-electron chi connectivity index (χ2n) is 4.06. The van der Waals surface area contributed by atoms with E-state index in [9.17, 15) is 4.79 Å². The molecule has 1 aromatic heterocycles. The van der Waals surface area contributed by atoms with Crippen LogP contribution in [-0.4, -0.2) is 58.1 Å². The molecule has 0 aliphatic heterocycles. The molecule has 0 aliphatic carbocycles. The first-order valence-corrected chi connectivity index (χ1v) is 8.02. The highest BCUT2D eigenvalue weighted by Crippen LogP contribution is 2.29. The highest BCUT2D eigenvalue weighted by Gasteiger charge is 2.14. The maximum absolute atomic E-state index is 12.0. The van der Waals surface area contributed by atoms with Crippen LogP contribution in [0.5, 0.6) is 0 Å². The van der Waals surface area contributed by atoms with Crippen molar-refractivity contribution in [1.82, 2.24) is 9.88 Å². The van der Waals surface area contributed by atoms with Gasteiger partial charge in [-0.2, -0.15) is 0 Å². The molecule has 0 spiro atoms. The third kappa shape index (κ3) is 3.92. The summed E-state index contributed by atoms with van der Waals surface area (Å²) < 4.78 is 1.96. The second-order valence-corrected chi connectivity index (χ2v) is 6.32. The van der Waals surface area contributed by atoms with Crippen molar-refractivity contribution in [2.24, 2.45) is 0 Å². The quantitative estimate of drug-likeness (QED) is 0.752. The van der Waals surface area contributed by atoms with Crippen LogP contribution in [0.2, 0.25) is 0 Å². The third-order valence-corrected chi connectivity index (χ3v) is 4.85. The molecule has 0 saturated carbocycles. The molecular formula is C13H16N2O3S2. The summed E-state index contributed by atoms with van der Waals surface area (Å²) in [6, 6.07) is 7.85. The molecule has 0 atom stereocenters. The lowest BCUT2D eigenvalue weighted by molar-refractivity contribution is -0.129. The lowest BCUT2D eigenvalue weighted by atomic mass is 10.3. The van der Waals surface area contributed by atoms with E-state index >= 15 is 0 Å². The number of amides is 1. The molecule has 2 rings (SSSR count). The van der Waals surface area contributed by atoms with Gasteiger partial charge >= 0.3 is 0 Å². The van der Waals surface area contributed by atoms with Crippen LogP contribution < -0.4 is 0 Å². The summed E-state index contributed by atoms with van der Waals surface area (Å²) in [5.74, 6) is 0.164. The lowest BCUT2D eigenvalue weighted by Crippen LogP contribution is -2.37. The Morgan fingerprint density at radius 3 is 2.60 bits per heavy atom. The Bertz CT molecular complexity index is 534. The van der Waals surface area contributed by atoms with Crippen LogP contribution in [0.3, 0.4) is 0 Å². The van der Waals surface area contributed by atoms with E-state index in [0.717, 1.165) is 14.6 Å². The molecule has 5 nitrogen and oxygen atoms in total. The summed E-state index contributed by atoms with van der Waals surface area (Å²) in [7, 11) is 0. The van der Waals surface area contributed by atoms with Gasteiger partial charge in [-0.05, 0) is 12.1 Å². The standard InChI is InChI=1S/C13H16N2O3S2/c16-7-5-15(6-8-17)12(18)9-19-13-14-10-3-1-2-4-11(10)20-13/h1-4,16-17H,5-9H2. The lowest BCUT2D eigenvalue weighted by Gasteiger charge is -2.19. The Kier molecular flexibility index (Phi) is 5.78. The van der Waals surface area contributed by atoms with Gasteiger partial charge in [-0.3, -0.25) is 4.79 Å². The van der Waals surface area contributed by atoms with Crippen molar-refractivity contribution in [3.63, 3.8) is 0 Å². The van der Waals surface area contributed by atoms with E-state index in [1.807, 2.05) is 24.3 Å². The van der Waals surface area contributed by atoms with E-state index in [2.05, 4.69) is 4.98 Å². The number of benzene rings is 1. The molecule has 0 radical (unpaired) electrons. The van der Waals surface area contributed by atoms with Crippen molar-refractivity contribution in [3.8, 4) is 0 Å². The van der Waals surface area contributed by atoms with Crippen LogP contribution >= 0.6 is 23.1 Å². The number of rotatable bonds is 7. The molecule has 2 aromatic rings. The van der Waals surface area contributed by atoms with E-state index in [1.54, 1.807) is 11.3 Å². The summed E-state index contributed by atoms with van der Waals surface area (Å²) in [6.45, 7) is 0.300. The SMILES string of the molecule is O=C(CSc1nc2ccccc2s1)N(CCO)CCO. The van der Waals surface area contributed by atoms with Gasteiger partial charge in [0.05, 0.1) is 29.2 Å². The summed E-state index contributed by atoms with van der Waals surface area (Å²) in [5, 5.41) is 17.8. The number of fused-ring (bicyclic) bond motifs is 1. The molecule has 0 bridgehead atoms. The summed E-state index contributed by atoms with van der Waals surface area (Å²) in [4.78, 5) is 17.9. The molecule has 108 valence electrons. The van der Waals surface area contributed by atoms with E-state index in [1.165, 1.54) is 16.7 Å². The zero-order valence-corrected chi connectivity index (χ0v) is 12.5. The predicted octanol–water partition coefficient (Wildman–Crippen LogP) is 1.20. The minimum Gasteiger partial charge on any atom is -0.395 e. The Labute approximate surface area is 125 Å². The number of thioether (sulfide) groups is 1. The highest BCUT2D eigenvalue weighted by atomic mass is 32.2. The Morgan fingerprint density at radius 2 is 1.95 bits per heavy atom. The molecule has 0 aliphatic rings. The van der Waals surface area contributed by atoms with E-state index in [-0.39, 0.29) is 38.0 Å². The Hall–Kier alpha value is -1.15. The number of hydrogen-bond donors (Lipinski definition) is 2. The number of aliphatic hydroxyl groups is 2. The van der Waals surface area contributed by atoms with Crippen molar-refractivity contribution in [2.45, 2.75) is 4.34 Å². The van der Waals surface area contributed by atoms with Crippen molar-refractivity contribution in [1.29, 1.82) is 0 Å². The zero-order chi connectivity index (χ0) is 14.4. The van der Waals surface area contributed by atoms with Gasteiger partial charge in [0.1, 0.15) is 0 Å². The van der Waals surface area contributed by atoms with Crippen molar-refractivity contribution < 1.29 is 15.0 Å². The number of aliphatic hydroxyl groups excluding tert-OH is 2. The second kappa shape index (κ2) is 7.58. The fourth-order valence-electron chi connectivity index (χ4n) is 1.73. The van der Waals surface area contributed by atoms with Crippen LogP contribution in [0.15, 0.2) is 28.6 Å². The van der Waals surface area contributed by atoms with Gasteiger partial charge in [-0.25, -0.2) is 4.98 Å². The summed E-state index contributed by atoms with van der Waals surface area (Å²) >= 11 is 2.95. The van der Waals surface area contributed by atoms with Crippen LogP contribution in [0, 0.1) is 0 Å². The smallest absolute Gasteiger partial charge is 0.233 e. The average molecular weight is 312 g/mol. The molecule has 20 heavy (non-hydrogen) atoms. The van der Waals surface area contributed by atoms with Gasteiger partial charge in [0.25, 0.3) is 0 Å². The highest BCUT2D eigenvalue weighted by molar-refractivity contribution is 8.01. The third-order valence-electron chi connectivity index (χ3n) is 2.69. The number of carbonyl (C=O) groups is 1. The Morgan fingerprint density at radius 1 is 1.25 bits per heavy atom. The summed E-state index contributed by atoms with van der Waals surface area (Å²) in [6.07, 6.45) is 0. The number of thiazole rings is 1. The normalized spacial score (nSPS) is 10.9. The van der Waals surface area contributed by atoms with Gasteiger partial charge < -0.3 is 15.1 Å². The van der Waals surface area contributed by atoms with Crippen molar-refractivity contribution >= 4 is 39.2 Å². The molecule has 7 heteroatoms. The average Bonchev–Trinajstić information content (AvgIpc) is 2.87. The van der Waals surface area contributed by atoms with Crippen molar-refractivity contribution in [3.05, 3.63) is 24.3 Å². The first-order chi connectivity index (χ1) is 9.74. The monoisotopic (exact) mass is 312 g/mol. The maximum Gasteiger partial charge on any atom is 0.233 e. The van der Waals surface area contributed by atoms with E-state index < -0.39 is 0 Å². The maximum atomic E-state index is 12.0. The number of para-hydroxylation sites is 1. The fourth-order valence-corrected chi connectivity index (χ4v) is 3.70. The molecule has 0 saturated heterocycles. The molecule has 0 fully saturated rings. The van der Waals surface area contributed by atoms with E-state index in [4.69, 9.17) is 10.2 Å². The number of nitrogens with zero attached hydrogens (tertiary/aromatic N) is 2. The van der Waals surface area contributed by atoms with Crippen LogP contribution in [0.1, 0.15) is 0 Å². The van der Waals surface area contributed by atoms with E-state index in [0.29, 0.717) is 0 Å². The number of hydrogen-bond acceptors (Lipinski definition) is 6. The molecular weight excluding hydrogens is 296 g/mol. The largest absolute Gasteiger partial charge is 0.395 e. The molecule has 1 amide bonds. The van der Waals surface area contributed by atoms with Gasteiger partial charge in [-0.1, -0.05) is 23.9 Å². The Balaban J connectivity index is 1.94. The summed E-state index contributed by atoms with van der Waals surface area (Å²) in [5.41, 5.74) is 0.940. The van der Waals surface area contributed by atoms with Crippen LogP contribution in [0.25, 0.3) is 10.2 Å². The molecule has 2 N–H and O–H groups in total. The zero-order valence-electron chi connectivity index (χ0n) is 10.9. The van der Waals surface area contributed by atoms with Gasteiger partial charge in [0.15, 0.2) is 4.34 Å². The van der Waals surface area contributed by atoms with Gasteiger partial charge in [-0.15, -0.1) is 11.3 Å². The van der Waals surface area contributed by atoms with Crippen LogP contribution in [0.4, 0.5) is 0 Å². The van der Waals surface area contributed by atoms with Gasteiger partial charge in [0, 0.05) is 13.1 Å². The van der Waals surface area contributed by atoms with Crippen LogP contribution in [-0.2, 0) is 4.79 Å². The first kappa shape index (κ1) is 15.2. The molecule has 1 heterocycles. The topological polar surface area (TPSA) is 73.7 Å². The van der Waals surface area contributed by atoms with Crippen molar-refractivity contribution in [2.75, 3.05) is 32.1 Å². The molecule has 0 unspecified atom stereocenters. The number of carbonyl (C=O) groups excluding carboxylic acids is 1. The minimum atomic E-state index is -0.0997. The number of aromatic nitrogens is 1. The first-order valence-electron chi connectivity index (χ1n) is 6.22.